The number of aliphatic imine (C=N–C) groups is 1. The summed E-state index contributed by atoms with van der Waals surface area (Å²) in [6.07, 6.45) is 1.01. The Morgan fingerprint density at radius 2 is 1.93 bits per heavy atom. The normalized spacial score (nSPS) is 14.1. The molecule has 1 heterocycles. The minimum atomic E-state index is 0.106. The van der Waals surface area contributed by atoms with Crippen LogP contribution < -0.4 is 20.1 Å². The van der Waals surface area contributed by atoms with Crippen LogP contribution in [0.1, 0.15) is 30.6 Å². The summed E-state index contributed by atoms with van der Waals surface area (Å²) in [5, 5.41) is 6.61. The molecule has 0 spiro atoms. The van der Waals surface area contributed by atoms with E-state index in [1.165, 1.54) is 5.56 Å². The number of guanidine groups is 1. The van der Waals surface area contributed by atoms with Gasteiger partial charge >= 0.3 is 0 Å². The summed E-state index contributed by atoms with van der Waals surface area (Å²) in [5.41, 5.74) is 2.31. The highest BCUT2D eigenvalue weighted by atomic mass is 16.7. The molecule has 1 atom stereocenters. The number of fused-ring (bicyclic) bond motifs is 1. The maximum absolute atomic E-state index is 5.89. The second-order valence-electron chi connectivity index (χ2n) is 6.32. The first-order valence-electron chi connectivity index (χ1n) is 9.26. The Hall–Kier alpha value is -2.73. The lowest BCUT2D eigenvalue weighted by Crippen LogP contribution is -2.37. The van der Waals surface area contributed by atoms with Crippen molar-refractivity contribution < 1.29 is 14.2 Å². The fraction of sp³-hybridized carbons (Fsp3) is 0.381. The van der Waals surface area contributed by atoms with Gasteiger partial charge < -0.3 is 24.8 Å². The van der Waals surface area contributed by atoms with E-state index in [4.69, 9.17) is 14.2 Å². The zero-order chi connectivity index (χ0) is 18.9. The van der Waals surface area contributed by atoms with Crippen molar-refractivity contribution in [1.29, 1.82) is 0 Å². The van der Waals surface area contributed by atoms with Gasteiger partial charge in [0.25, 0.3) is 0 Å². The highest BCUT2D eigenvalue weighted by molar-refractivity contribution is 5.79. The molecule has 27 heavy (non-hydrogen) atoms. The van der Waals surface area contributed by atoms with Gasteiger partial charge in [0.05, 0.1) is 6.10 Å². The lowest BCUT2D eigenvalue weighted by molar-refractivity contribution is 0.0646. The van der Waals surface area contributed by atoms with Gasteiger partial charge in [0.1, 0.15) is 0 Å². The van der Waals surface area contributed by atoms with Crippen molar-refractivity contribution in [3.05, 3.63) is 59.7 Å². The van der Waals surface area contributed by atoms with Gasteiger partial charge in [0, 0.05) is 26.7 Å². The summed E-state index contributed by atoms with van der Waals surface area (Å²) in [4.78, 5) is 4.25. The van der Waals surface area contributed by atoms with E-state index < -0.39 is 0 Å². The van der Waals surface area contributed by atoms with Crippen LogP contribution in [0, 0.1) is 0 Å². The molecule has 0 amide bonds. The number of nitrogens with one attached hydrogen (secondary N) is 2. The molecule has 0 saturated heterocycles. The average Bonchev–Trinajstić information content (AvgIpc) is 3.18. The summed E-state index contributed by atoms with van der Waals surface area (Å²) in [6.45, 7) is 4.53. The molecule has 2 aromatic rings. The van der Waals surface area contributed by atoms with E-state index in [0.29, 0.717) is 19.9 Å². The predicted molar refractivity (Wildman–Crippen MR) is 106 cm³/mol. The van der Waals surface area contributed by atoms with Crippen LogP contribution in [0.25, 0.3) is 0 Å². The lowest BCUT2D eigenvalue weighted by Gasteiger charge is -2.15. The first kappa shape index (κ1) is 19.0. The van der Waals surface area contributed by atoms with Gasteiger partial charge in [-0.25, -0.2) is 0 Å². The van der Waals surface area contributed by atoms with Crippen LogP contribution in [-0.2, 0) is 11.3 Å². The molecule has 0 radical (unpaired) electrons. The van der Waals surface area contributed by atoms with Gasteiger partial charge in [-0.05, 0) is 36.6 Å². The van der Waals surface area contributed by atoms with Crippen LogP contribution in [0.5, 0.6) is 11.5 Å². The van der Waals surface area contributed by atoms with Gasteiger partial charge in [-0.15, -0.1) is 0 Å². The first-order chi connectivity index (χ1) is 13.3. The fourth-order valence-corrected chi connectivity index (χ4v) is 2.82. The van der Waals surface area contributed by atoms with Crippen LogP contribution >= 0.6 is 0 Å². The molecule has 6 heteroatoms. The summed E-state index contributed by atoms with van der Waals surface area (Å²) in [5.74, 6) is 2.36. The highest BCUT2D eigenvalue weighted by Gasteiger charge is 2.13. The maximum Gasteiger partial charge on any atom is 0.231 e. The minimum Gasteiger partial charge on any atom is -0.454 e. The SMILES string of the molecule is CN=C(NCCCOC(C)c1ccccc1)NCc1ccc2c(c1)OCO2. The largest absolute Gasteiger partial charge is 0.454 e. The highest BCUT2D eigenvalue weighted by Crippen LogP contribution is 2.32. The van der Waals surface area contributed by atoms with E-state index in [9.17, 15) is 0 Å². The Morgan fingerprint density at radius 1 is 1.11 bits per heavy atom. The van der Waals surface area contributed by atoms with Crippen LogP contribution in [0.15, 0.2) is 53.5 Å². The third kappa shape index (κ3) is 5.62. The zero-order valence-electron chi connectivity index (χ0n) is 15.9. The second kappa shape index (κ2) is 9.83. The summed E-state index contributed by atoms with van der Waals surface area (Å²) in [7, 11) is 1.77. The van der Waals surface area contributed by atoms with Crippen molar-refractivity contribution in [3.8, 4) is 11.5 Å². The van der Waals surface area contributed by atoms with Gasteiger partial charge in [-0.3, -0.25) is 4.99 Å². The molecule has 1 unspecified atom stereocenters. The van der Waals surface area contributed by atoms with E-state index in [1.807, 2.05) is 36.4 Å². The number of benzene rings is 2. The first-order valence-corrected chi connectivity index (χ1v) is 9.26. The second-order valence-corrected chi connectivity index (χ2v) is 6.32. The quantitative estimate of drug-likeness (QED) is 0.425. The number of ether oxygens (including phenoxy) is 3. The van der Waals surface area contributed by atoms with E-state index in [2.05, 4.69) is 34.7 Å². The van der Waals surface area contributed by atoms with Crippen LogP contribution in [0.3, 0.4) is 0 Å². The minimum absolute atomic E-state index is 0.106. The Kier molecular flexibility index (Phi) is 6.93. The lowest BCUT2D eigenvalue weighted by atomic mass is 10.1. The average molecular weight is 369 g/mol. The van der Waals surface area contributed by atoms with Crippen molar-refractivity contribution >= 4 is 5.96 Å². The Labute approximate surface area is 160 Å². The molecule has 0 aliphatic carbocycles. The van der Waals surface area contributed by atoms with E-state index >= 15 is 0 Å². The number of hydrogen-bond donors (Lipinski definition) is 2. The molecule has 0 saturated carbocycles. The van der Waals surface area contributed by atoms with E-state index in [0.717, 1.165) is 36.0 Å². The van der Waals surface area contributed by atoms with Crippen molar-refractivity contribution in [2.24, 2.45) is 4.99 Å². The van der Waals surface area contributed by atoms with Crippen molar-refractivity contribution in [2.45, 2.75) is 26.0 Å². The molecule has 2 N–H and O–H groups in total. The smallest absolute Gasteiger partial charge is 0.231 e. The molecule has 0 bridgehead atoms. The summed E-state index contributed by atoms with van der Waals surface area (Å²) in [6, 6.07) is 16.2. The Morgan fingerprint density at radius 3 is 2.74 bits per heavy atom. The van der Waals surface area contributed by atoms with E-state index in [1.54, 1.807) is 7.05 Å². The van der Waals surface area contributed by atoms with Gasteiger partial charge in [0.2, 0.25) is 6.79 Å². The molecule has 6 nitrogen and oxygen atoms in total. The number of rotatable bonds is 8. The summed E-state index contributed by atoms with van der Waals surface area (Å²) < 4.78 is 16.6. The molecule has 1 aliphatic heterocycles. The van der Waals surface area contributed by atoms with Gasteiger partial charge in [-0.2, -0.15) is 0 Å². The molecule has 1 aliphatic rings. The maximum atomic E-state index is 5.89. The zero-order valence-corrected chi connectivity index (χ0v) is 15.9. The fourth-order valence-electron chi connectivity index (χ4n) is 2.82. The topological polar surface area (TPSA) is 64.1 Å². The molecule has 2 aromatic carbocycles. The van der Waals surface area contributed by atoms with Gasteiger partial charge in [0.15, 0.2) is 17.5 Å². The van der Waals surface area contributed by atoms with Crippen molar-refractivity contribution in [3.63, 3.8) is 0 Å². The molecular formula is C21H27N3O3. The van der Waals surface area contributed by atoms with E-state index in [-0.39, 0.29) is 6.10 Å². The Bertz CT molecular complexity index is 750. The molecule has 3 rings (SSSR count). The van der Waals surface area contributed by atoms with Crippen LogP contribution in [-0.4, -0.2) is 33.0 Å². The molecule has 144 valence electrons. The number of hydrogen-bond acceptors (Lipinski definition) is 4. The molecule has 0 fully saturated rings. The third-order valence-corrected chi connectivity index (χ3v) is 4.37. The predicted octanol–water partition coefficient (Wildman–Crippen LogP) is 3.25. The molecule has 0 aromatic heterocycles. The third-order valence-electron chi connectivity index (χ3n) is 4.37. The van der Waals surface area contributed by atoms with Crippen LogP contribution in [0.4, 0.5) is 0 Å². The summed E-state index contributed by atoms with van der Waals surface area (Å²) >= 11 is 0. The van der Waals surface area contributed by atoms with Crippen LogP contribution in [0.2, 0.25) is 0 Å². The molecular weight excluding hydrogens is 342 g/mol. The van der Waals surface area contributed by atoms with Crippen molar-refractivity contribution in [1.82, 2.24) is 10.6 Å². The monoisotopic (exact) mass is 369 g/mol. The Balaban J connectivity index is 1.33. The standard InChI is InChI=1S/C21H27N3O3/c1-16(18-7-4-3-5-8-18)25-12-6-11-23-21(22-2)24-14-17-9-10-19-20(13-17)27-15-26-19/h3-5,7-10,13,16H,6,11-12,14-15H2,1-2H3,(H2,22,23,24). The number of nitrogens with zero attached hydrogens (tertiary/aromatic N) is 1. The van der Waals surface area contributed by atoms with Gasteiger partial charge in [-0.1, -0.05) is 36.4 Å². The van der Waals surface area contributed by atoms with Crippen molar-refractivity contribution in [2.75, 3.05) is 27.0 Å².